The molecule has 0 aliphatic carbocycles. The molecule has 0 radical (unpaired) electrons. The minimum absolute atomic E-state index is 0.0578. The monoisotopic (exact) mass is 319 g/mol. The lowest BCUT2D eigenvalue weighted by atomic mass is 10.1. The number of benzene rings is 1. The second-order valence-electron chi connectivity index (χ2n) is 5.62. The summed E-state index contributed by atoms with van der Waals surface area (Å²) in [5, 5.41) is 0. The van der Waals surface area contributed by atoms with Crippen molar-refractivity contribution in [2.45, 2.75) is 26.0 Å². The van der Waals surface area contributed by atoms with Crippen LogP contribution in [0.3, 0.4) is 0 Å². The summed E-state index contributed by atoms with van der Waals surface area (Å²) in [6.07, 6.45) is -1.63. The molecule has 1 unspecified atom stereocenters. The Morgan fingerprint density at radius 1 is 1.30 bits per heavy atom. The summed E-state index contributed by atoms with van der Waals surface area (Å²) in [5.74, 6) is -0.301. The number of nitrogens with zero attached hydrogens (tertiary/aromatic N) is 2. The van der Waals surface area contributed by atoms with Crippen molar-refractivity contribution in [1.29, 1.82) is 0 Å². The number of hydrogen-bond acceptors (Lipinski definition) is 5. The zero-order chi connectivity index (χ0) is 16.9. The number of cyclic esters (lactones) is 1. The molecule has 23 heavy (non-hydrogen) atoms. The molecule has 0 spiro atoms. The van der Waals surface area contributed by atoms with Gasteiger partial charge in [0.05, 0.1) is 17.4 Å². The lowest BCUT2D eigenvalue weighted by molar-refractivity contribution is -0.125. The van der Waals surface area contributed by atoms with Crippen LogP contribution in [0.15, 0.2) is 12.1 Å². The van der Waals surface area contributed by atoms with E-state index in [1.807, 2.05) is 0 Å². The van der Waals surface area contributed by atoms with E-state index in [1.54, 1.807) is 33.0 Å². The molecule has 8 nitrogen and oxygen atoms in total. The number of carbonyl (C=O) groups excluding carboxylic acids is 3. The van der Waals surface area contributed by atoms with Gasteiger partial charge in [-0.3, -0.25) is 14.5 Å². The molecule has 0 bridgehead atoms. The smallest absolute Gasteiger partial charge is 0.415 e. The molecule has 2 aliphatic rings. The second-order valence-corrected chi connectivity index (χ2v) is 5.62. The first kappa shape index (κ1) is 15.1. The molecule has 2 atom stereocenters. The number of amides is 3. The van der Waals surface area contributed by atoms with Crippen molar-refractivity contribution in [1.82, 2.24) is 0 Å². The predicted octanol–water partition coefficient (Wildman–Crippen LogP) is 0.549. The molecular formula is C15H17N3O5. The van der Waals surface area contributed by atoms with E-state index >= 15 is 0 Å². The van der Waals surface area contributed by atoms with Crippen LogP contribution in [0.2, 0.25) is 0 Å². The summed E-state index contributed by atoms with van der Waals surface area (Å²) in [6.45, 7) is 3.42. The minimum Gasteiger partial charge on any atom is -0.481 e. The summed E-state index contributed by atoms with van der Waals surface area (Å²) < 4.78 is 10.6. The normalized spacial score (nSPS) is 23.4. The second kappa shape index (κ2) is 5.15. The largest absolute Gasteiger partial charge is 0.481 e. The molecule has 1 fully saturated rings. The Morgan fingerprint density at radius 3 is 2.57 bits per heavy atom. The van der Waals surface area contributed by atoms with Gasteiger partial charge in [0.15, 0.2) is 6.61 Å². The molecule has 3 rings (SSSR count). The average Bonchev–Trinajstić information content (AvgIpc) is 2.79. The fourth-order valence-electron chi connectivity index (χ4n) is 2.92. The van der Waals surface area contributed by atoms with E-state index in [4.69, 9.17) is 15.2 Å². The number of anilines is 2. The third-order valence-electron chi connectivity index (χ3n) is 4.24. The van der Waals surface area contributed by atoms with Crippen LogP contribution in [-0.4, -0.2) is 43.7 Å². The standard InChI is InChI=1S/C15H17N3O5/c1-7-9(18-8(2)13(14(16)20)23-15(18)21)4-5-10-12(7)22-6-11(19)17(10)3/h4-5,8,13H,6H2,1-3H3,(H2,16,20)/t8-,13?/m0/s1. The van der Waals surface area contributed by atoms with Crippen molar-refractivity contribution >= 4 is 29.3 Å². The van der Waals surface area contributed by atoms with Gasteiger partial charge in [-0.25, -0.2) is 4.79 Å². The zero-order valence-electron chi connectivity index (χ0n) is 13.0. The van der Waals surface area contributed by atoms with Crippen molar-refractivity contribution in [3.05, 3.63) is 17.7 Å². The van der Waals surface area contributed by atoms with Gasteiger partial charge in [0.2, 0.25) is 6.10 Å². The fraction of sp³-hybridized carbons (Fsp3) is 0.400. The van der Waals surface area contributed by atoms with E-state index in [1.165, 1.54) is 9.80 Å². The molecule has 8 heteroatoms. The maximum absolute atomic E-state index is 12.1. The summed E-state index contributed by atoms with van der Waals surface area (Å²) in [6, 6.07) is 2.87. The maximum atomic E-state index is 12.1. The quantitative estimate of drug-likeness (QED) is 0.857. The Labute approximate surface area is 132 Å². The van der Waals surface area contributed by atoms with Crippen molar-refractivity contribution in [3.63, 3.8) is 0 Å². The van der Waals surface area contributed by atoms with Gasteiger partial charge in [-0.2, -0.15) is 0 Å². The molecule has 2 heterocycles. The van der Waals surface area contributed by atoms with Gasteiger partial charge in [-0.05, 0) is 26.0 Å². The molecule has 1 aromatic rings. The molecule has 3 amide bonds. The maximum Gasteiger partial charge on any atom is 0.415 e. The average molecular weight is 319 g/mol. The summed E-state index contributed by atoms with van der Waals surface area (Å²) in [7, 11) is 1.67. The number of primary amides is 1. The summed E-state index contributed by atoms with van der Waals surface area (Å²) in [4.78, 5) is 38.1. The molecule has 1 saturated heterocycles. The Bertz CT molecular complexity index is 717. The van der Waals surface area contributed by atoms with Crippen LogP contribution in [0.25, 0.3) is 0 Å². The highest BCUT2D eigenvalue weighted by molar-refractivity contribution is 6.01. The van der Waals surface area contributed by atoms with Gasteiger partial charge in [0.25, 0.3) is 11.8 Å². The number of nitrogens with two attached hydrogens (primary N) is 1. The molecule has 1 aromatic carbocycles. The van der Waals surface area contributed by atoms with E-state index in [9.17, 15) is 14.4 Å². The number of fused-ring (bicyclic) bond motifs is 1. The number of rotatable bonds is 2. The van der Waals surface area contributed by atoms with E-state index < -0.39 is 24.1 Å². The zero-order valence-corrected chi connectivity index (χ0v) is 13.0. The Balaban J connectivity index is 2.04. The molecule has 0 aromatic heterocycles. The van der Waals surface area contributed by atoms with Gasteiger partial charge >= 0.3 is 6.09 Å². The highest BCUT2D eigenvalue weighted by Gasteiger charge is 2.44. The third kappa shape index (κ3) is 2.18. The predicted molar refractivity (Wildman–Crippen MR) is 81.5 cm³/mol. The number of ether oxygens (including phenoxy) is 2. The van der Waals surface area contributed by atoms with Crippen molar-refractivity contribution in [2.24, 2.45) is 5.73 Å². The Hall–Kier alpha value is -2.77. The van der Waals surface area contributed by atoms with Crippen LogP contribution in [0.4, 0.5) is 16.2 Å². The first-order valence-corrected chi connectivity index (χ1v) is 7.15. The van der Waals surface area contributed by atoms with Crippen LogP contribution in [0.5, 0.6) is 5.75 Å². The van der Waals surface area contributed by atoms with Gasteiger partial charge in [-0.1, -0.05) is 0 Å². The lowest BCUT2D eigenvalue weighted by Gasteiger charge is -2.30. The molecule has 0 saturated carbocycles. The summed E-state index contributed by atoms with van der Waals surface area (Å²) >= 11 is 0. The summed E-state index contributed by atoms with van der Waals surface area (Å²) in [5.41, 5.74) is 7.15. The van der Waals surface area contributed by atoms with Crippen LogP contribution in [-0.2, 0) is 14.3 Å². The molecule has 2 N–H and O–H groups in total. The van der Waals surface area contributed by atoms with E-state index in [-0.39, 0.29) is 12.5 Å². The van der Waals surface area contributed by atoms with E-state index in [0.29, 0.717) is 22.7 Å². The highest BCUT2D eigenvalue weighted by atomic mass is 16.6. The van der Waals surface area contributed by atoms with E-state index in [2.05, 4.69) is 0 Å². The van der Waals surface area contributed by atoms with Crippen molar-refractivity contribution in [2.75, 3.05) is 23.5 Å². The van der Waals surface area contributed by atoms with Gasteiger partial charge in [-0.15, -0.1) is 0 Å². The van der Waals surface area contributed by atoms with Crippen LogP contribution in [0.1, 0.15) is 12.5 Å². The molecular weight excluding hydrogens is 302 g/mol. The van der Waals surface area contributed by atoms with Crippen molar-refractivity contribution in [3.8, 4) is 5.75 Å². The highest BCUT2D eigenvalue weighted by Crippen LogP contribution is 2.41. The topological polar surface area (TPSA) is 102 Å². The number of likely N-dealkylation sites (N-methyl/N-ethyl adjacent to an activating group) is 1. The lowest BCUT2D eigenvalue weighted by Crippen LogP contribution is -2.41. The van der Waals surface area contributed by atoms with Crippen LogP contribution >= 0.6 is 0 Å². The molecule has 2 aliphatic heterocycles. The number of carbonyl (C=O) groups is 3. The van der Waals surface area contributed by atoms with Crippen molar-refractivity contribution < 1.29 is 23.9 Å². The van der Waals surface area contributed by atoms with Crippen LogP contribution < -0.4 is 20.3 Å². The van der Waals surface area contributed by atoms with Gasteiger partial charge in [0.1, 0.15) is 5.75 Å². The number of hydrogen-bond donors (Lipinski definition) is 1. The fourth-order valence-corrected chi connectivity index (χ4v) is 2.92. The first-order valence-electron chi connectivity index (χ1n) is 7.15. The van der Waals surface area contributed by atoms with Crippen LogP contribution in [0, 0.1) is 6.92 Å². The Kier molecular flexibility index (Phi) is 3.39. The molecule has 122 valence electrons. The SMILES string of the molecule is Cc1c(N2C(=O)OC(C(N)=O)[C@@H]2C)ccc2c1OCC(=O)N2C. The van der Waals surface area contributed by atoms with Gasteiger partial charge < -0.3 is 20.1 Å². The van der Waals surface area contributed by atoms with E-state index in [0.717, 1.165) is 0 Å². The van der Waals surface area contributed by atoms with Gasteiger partial charge in [0, 0.05) is 12.6 Å². The first-order chi connectivity index (χ1) is 10.8. The minimum atomic E-state index is -0.997. The Morgan fingerprint density at radius 2 is 1.96 bits per heavy atom. The third-order valence-corrected chi connectivity index (χ3v) is 4.24.